The summed E-state index contributed by atoms with van der Waals surface area (Å²) in [5.74, 6) is -1.51. The summed E-state index contributed by atoms with van der Waals surface area (Å²) in [6.07, 6.45) is 0.110. The van der Waals surface area contributed by atoms with Gasteiger partial charge < -0.3 is 5.32 Å². The normalized spacial score (nSPS) is 14.1. The van der Waals surface area contributed by atoms with Gasteiger partial charge in [-0.3, -0.25) is 4.79 Å². The number of alkyl halides is 1. The first-order chi connectivity index (χ1) is 8.45. The molecule has 0 aromatic heterocycles. The molecule has 0 saturated heterocycles. The molecule has 1 N–H and O–H groups in total. The largest absolute Gasteiger partial charge is 0.353 e. The van der Waals surface area contributed by atoms with Gasteiger partial charge in [-0.2, -0.15) is 0 Å². The molecule has 2 nitrogen and oxygen atoms in total. The molecule has 1 aromatic rings. The number of nitrogens with one attached hydrogen (secondary N) is 1. The molecule has 0 heterocycles. The molecule has 1 rings (SSSR count). The van der Waals surface area contributed by atoms with E-state index < -0.39 is 11.6 Å². The maximum atomic E-state index is 13.4. The Labute approximate surface area is 110 Å². The van der Waals surface area contributed by atoms with Crippen molar-refractivity contribution < 1.29 is 13.6 Å². The zero-order valence-electron chi connectivity index (χ0n) is 10.3. The van der Waals surface area contributed by atoms with Gasteiger partial charge in [-0.1, -0.05) is 13.0 Å². The summed E-state index contributed by atoms with van der Waals surface area (Å²) >= 11 is 5.56. The van der Waals surface area contributed by atoms with Gasteiger partial charge in [-0.05, 0) is 25.5 Å². The Bertz CT molecular complexity index is 405. The van der Waals surface area contributed by atoms with Crippen molar-refractivity contribution in [2.24, 2.45) is 5.92 Å². The molecule has 2 unspecified atom stereocenters. The minimum Gasteiger partial charge on any atom is -0.353 e. The van der Waals surface area contributed by atoms with Gasteiger partial charge in [0.2, 0.25) is 5.91 Å². The molecule has 0 radical (unpaired) electrons. The lowest BCUT2D eigenvalue weighted by Gasteiger charge is -2.17. The average molecular weight is 276 g/mol. The number of rotatable bonds is 5. The summed E-state index contributed by atoms with van der Waals surface area (Å²) in [5, 5.41) is 2.68. The first-order valence-corrected chi connectivity index (χ1v) is 6.28. The van der Waals surface area contributed by atoms with Crippen LogP contribution in [0.4, 0.5) is 8.78 Å². The minimum atomic E-state index is -0.596. The lowest BCUT2D eigenvalue weighted by Crippen LogP contribution is -2.38. The molecule has 1 amide bonds. The van der Waals surface area contributed by atoms with E-state index in [0.29, 0.717) is 0 Å². The van der Waals surface area contributed by atoms with E-state index in [4.69, 9.17) is 11.6 Å². The molecule has 0 fully saturated rings. The van der Waals surface area contributed by atoms with Crippen LogP contribution in [0.15, 0.2) is 18.2 Å². The standard InChI is InChI=1S/C13H16ClF2NO/c1-8(7-14)13(18)17-9(2)6-10-11(15)4-3-5-12(10)16/h3-5,8-9H,6-7H2,1-2H3,(H,17,18). The molecule has 2 atom stereocenters. The molecule has 0 bridgehead atoms. The number of hydrogen-bond donors (Lipinski definition) is 1. The third kappa shape index (κ3) is 3.95. The monoisotopic (exact) mass is 275 g/mol. The van der Waals surface area contributed by atoms with E-state index in [1.807, 2.05) is 0 Å². The van der Waals surface area contributed by atoms with Crippen LogP contribution in [0.25, 0.3) is 0 Å². The van der Waals surface area contributed by atoms with Gasteiger partial charge in [0.05, 0.1) is 0 Å². The zero-order valence-corrected chi connectivity index (χ0v) is 11.1. The topological polar surface area (TPSA) is 29.1 Å². The third-order valence-electron chi connectivity index (χ3n) is 2.64. The van der Waals surface area contributed by atoms with Crippen LogP contribution >= 0.6 is 11.6 Å². The molecule has 1 aromatic carbocycles. The van der Waals surface area contributed by atoms with Crippen LogP contribution in [0.1, 0.15) is 19.4 Å². The van der Waals surface area contributed by atoms with Crippen molar-refractivity contribution in [3.8, 4) is 0 Å². The number of amides is 1. The second kappa shape index (κ2) is 6.69. The number of hydrogen-bond acceptors (Lipinski definition) is 1. The van der Waals surface area contributed by atoms with Gasteiger partial charge in [0, 0.05) is 23.4 Å². The molecule has 0 aliphatic rings. The van der Waals surface area contributed by atoms with Crippen LogP contribution in [0, 0.1) is 17.6 Å². The van der Waals surface area contributed by atoms with Gasteiger partial charge in [-0.15, -0.1) is 11.6 Å². The molecular weight excluding hydrogens is 260 g/mol. The number of halogens is 3. The number of carbonyl (C=O) groups excluding carboxylic acids is 1. The first kappa shape index (κ1) is 14.9. The lowest BCUT2D eigenvalue weighted by atomic mass is 10.0. The fraction of sp³-hybridized carbons (Fsp3) is 0.462. The molecule has 18 heavy (non-hydrogen) atoms. The van der Waals surface area contributed by atoms with Crippen molar-refractivity contribution in [1.82, 2.24) is 5.32 Å². The molecular formula is C13H16ClF2NO. The molecule has 0 aliphatic carbocycles. The smallest absolute Gasteiger partial charge is 0.224 e. The van der Waals surface area contributed by atoms with E-state index in [2.05, 4.69) is 5.32 Å². The summed E-state index contributed by atoms with van der Waals surface area (Å²) in [4.78, 5) is 11.6. The molecule has 100 valence electrons. The zero-order chi connectivity index (χ0) is 13.7. The van der Waals surface area contributed by atoms with Crippen molar-refractivity contribution in [2.45, 2.75) is 26.3 Å². The third-order valence-corrected chi connectivity index (χ3v) is 3.10. The van der Waals surface area contributed by atoms with Crippen molar-refractivity contribution in [3.63, 3.8) is 0 Å². The fourth-order valence-electron chi connectivity index (χ4n) is 1.54. The van der Waals surface area contributed by atoms with Crippen molar-refractivity contribution in [2.75, 3.05) is 5.88 Å². The van der Waals surface area contributed by atoms with E-state index >= 15 is 0 Å². The van der Waals surface area contributed by atoms with Crippen LogP contribution < -0.4 is 5.32 Å². The summed E-state index contributed by atoms with van der Waals surface area (Å²) in [5.41, 5.74) is -0.0103. The Morgan fingerprint density at radius 2 is 1.89 bits per heavy atom. The molecule has 0 saturated carbocycles. The van der Waals surface area contributed by atoms with E-state index in [1.54, 1.807) is 13.8 Å². The van der Waals surface area contributed by atoms with Crippen LogP contribution in [0.3, 0.4) is 0 Å². The van der Waals surface area contributed by atoms with E-state index in [-0.39, 0.29) is 35.7 Å². The van der Waals surface area contributed by atoms with E-state index in [1.165, 1.54) is 18.2 Å². The highest BCUT2D eigenvalue weighted by Gasteiger charge is 2.17. The van der Waals surface area contributed by atoms with Gasteiger partial charge in [0.15, 0.2) is 0 Å². The Hall–Kier alpha value is -1.16. The fourth-order valence-corrected chi connectivity index (χ4v) is 1.68. The Morgan fingerprint density at radius 3 is 2.39 bits per heavy atom. The predicted octanol–water partition coefficient (Wildman–Crippen LogP) is 2.89. The summed E-state index contributed by atoms with van der Waals surface area (Å²) < 4.78 is 26.8. The van der Waals surface area contributed by atoms with Crippen LogP contribution in [-0.2, 0) is 11.2 Å². The van der Waals surface area contributed by atoms with E-state index in [0.717, 1.165) is 0 Å². The molecule has 0 aliphatic heterocycles. The molecule has 0 spiro atoms. The Kier molecular flexibility index (Phi) is 5.54. The molecule has 5 heteroatoms. The van der Waals surface area contributed by atoms with Gasteiger partial charge >= 0.3 is 0 Å². The predicted molar refractivity (Wildman–Crippen MR) is 67.6 cm³/mol. The van der Waals surface area contributed by atoms with Crippen LogP contribution in [0.5, 0.6) is 0 Å². The quantitative estimate of drug-likeness (QED) is 0.823. The maximum Gasteiger partial charge on any atom is 0.224 e. The highest BCUT2D eigenvalue weighted by atomic mass is 35.5. The highest BCUT2D eigenvalue weighted by molar-refractivity contribution is 6.19. The number of carbonyl (C=O) groups is 1. The Morgan fingerprint density at radius 1 is 1.33 bits per heavy atom. The van der Waals surface area contributed by atoms with Gasteiger partial charge in [0.1, 0.15) is 11.6 Å². The van der Waals surface area contributed by atoms with Gasteiger partial charge in [-0.25, -0.2) is 8.78 Å². The second-order valence-electron chi connectivity index (χ2n) is 4.37. The average Bonchev–Trinajstić information content (AvgIpc) is 2.32. The summed E-state index contributed by atoms with van der Waals surface area (Å²) in [7, 11) is 0. The lowest BCUT2D eigenvalue weighted by molar-refractivity contribution is -0.124. The number of benzene rings is 1. The maximum absolute atomic E-state index is 13.4. The SMILES string of the molecule is CC(Cc1c(F)cccc1F)NC(=O)C(C)CCl. The van der Waals surface area contributed by atoms with Crippen LogP contribution in [-0.4, -0.2) is 17.8 Å². The summed E-state index contributed by atoms with van der Waals surface area (Å²) in [6, 6.07) is 3.37. The summed E-state index contributed by atoms with van der Waals surface area (Å²) in [6.45, 7) is 3.39. The Balaban J connectivity index is 2.65. The first-order valence-electron chi connectivity index (χ1n) is 5.75. The van der Waals surface area contributed by atoms with Crippen LogP contribution in [0.2, 0.25) is 0 Å². The van der Waals surface area contributed by atoms with Gasteiger partial charge in [0.25, 0.3) is 0 Å². The van der Waals surface area contributed by atoms with Crippen molar-refractivity contribution in [3.05, 3.63) is 35.4 Å². The van der Waals surface area contributed by atoms with Crippen molar-refractivity contribution >= 4 is 17.5 Å². The second-order valence-corrected chi connectivity index (χ2v) is 4.68. The highest BCUT2D eigenvalue weighted by Crippen LogP contribution is 2.14. The van der Waals surface area contributed by atoms with E-state index in [9.17, 15) is 13.6 Å². The minimum absolute atomic E-state index is 0.0103. The van der Waals surface area contributed by atoms with Crippen molar-refractivity contribution in [1.29, 1.82) is 0 Å².